The Kier molecular flexibility index (Phi) is 4.94. The van der Waals surface area contributed by atoms with Gasteiger partial charge in [-0.05, 0) is 26.2 Å². The maximum Gasteiger partial charge on any atom is 0.224 e. The second-order valence-corrected chi connectivity index (χ2v) is 8.80. The number of sulfone groups is 1. The topological polar surface area (TPSA) is 81.1 Å². The van der Waals surface area contributed by atoms with Crippen molar-refractivity contribution in [2.24, 2.45) is 5.92 Å². The molecule has 6 nitrogen and oxygen atoms in total. The summed E-state index contributed by atoms with van der Waals surface area (Å²) < 4.78 is 24.8. The number of carbonyl (C=O) groups is 1. The summed E-state index contributed by atoms with van der Waals surface area (Å²) in [5, 5.41) is 7.33. The third-order valence-corrected chi connectivity index (χ3v) is 5.77. The zero-order valence-electron chi connectivity index (χ0n) is 13.7. The molecule has 2 heterocycles. The van der Waals surface area contributed by atoms with Crippen molar-refractivity contribution in [2.75, 3.05) is 11.5 Å². The van der Waals surface area contributed by atoms with Gasteiger partial charge in [-0.3, -0.25) is 9.48 Å². The average Bonchev–Trinajstić information content (AvgIpc) is 2.83. The first-order valence-electron chi connectivity index (χ1n) is 7.70. The molecular weight excluding hydrogens is 302 g/mol. The Bertz CT molecular complexity index is 662. The molecule has 0 bridgehead atoms. The summed E-state index contributed by atoms with van der Waals surface area (Å²) in [6, 6.07) is -0.246. The van der Waals surface area contributed by atoms with E-state index in [0.29, 0.717) is 12.3 Å². The van der Waals surface area contributed by atoms with Gasteiger partial charge >= 0.3 is 0 Å². The van der Waals surface area contributed by atoms with Gasteiger partial charge in [-0.2, -0.15) is 5.10 Å². The van der Waals surface area contributed by atoms with E-state index in [9.17, 15) is 13.2 Å². The highest BCUT2D eigenvalue weighted by Gasteiger charge is 2.29. The van der Waals surface area contributed by atoms with Crippen molar-refractivity contribution in [1.82, 2.24) is 15.1 Å². The Labute approximate surface area is 132 Å². The number of hydrogen-bond acceptors (Lipinski definition) is 4. The Morgan fingerprint density at radius 3 is 2.64 bits per heavy atom. The third kappa shape index (κ3) is 4.09. The van der Waals surface area contributed by atoms with E-state index in [2.05, 4.69) is 24.3 Å². The van der Waals surface area contributed by atoms with Crippen LogP contribution in [0.1, 0.15) is 37.2 Å². The van der Waals surface area contributed by atoms with E-state index in [1.807, 2.05) is 18.5 Å². The smallest absolute Gasteiger partial charge is 0.224 e. The van der Waals surface area contributed by atoms with Crippen LogP contribution >= 0.6 is 0 Å². The van der Waals surface area contributed by atoms with E-state index in [-0.39, 0.29) is 29.9 Å². The molecule has 7 heteroatoms. The zero-order chi connectivity index (χ0) is 16.5. The van der Waals surface area contributed by atoms with Gasteiger partial charge in [0.1, 0.15) is 0 Å². The van der Waals surface area contributed by atoms with Crippen LogP contribution in [0.4, 0.5) is 0 Å². The molecule has 0 radical (unpaired) electrons. The number of aryl methyl sites for hydroxylation is 1. The highest BCUT2D eigenvalue weighted by Crippen LogP contribution is 2.16. The van der Waals surface area contributed by atoms with Gasteiger partial charge in [0.25, 0.3) is 0 Å². The van der Waals surface area contributed by atoms with Crippen LogP contribution in [0.2, 0.25) is 0 Å². The normalized spacial score (nSPS) is 20.5. The lowest BCUT2D eigenvalue weighted by Crippen LogP contribution is -2.36. The predicted molar refractivity (Wildman–Crippen MR) is 85.4 cm³/mol. The molecule has 1 amide bonds. The van der Waals surface area contributed by atoms with Crippen LogP contribution in [0.25, 0.3) is 0 Å². The van der Waals surface area contributed by atoms with Crippen molar-refractivity contribution in [2.45, 2.75) is 53.1 Å². The molecule has 1 atom stereocenters. The fourth-order valence-corrected chi connectivity index (χ4v) is 4.53. The minimum Gasteiger partial charge on any atom is -0.352 e. The number of rotatable bonds is 5. The summed E-state index contributed by atoms with van der Waals surface area (Å²) in [6.07, 6.45) is 0.769. The van der Waals surface area contributed by atoms with Gasteiger partial charge in [0.2, 0.25) is 5.91 Å². The Morgan fingerprint density at radius 1 is 1.41 bits per heavy atom. The third-order valence-electron chi connectivity index (χ3n) is 4.00. The summed E-state index contributed by atoms with van der Waals surface area (Å²) >= 11 is 0. The van der Waals surface area contributed by atoms with Crippen LogP contribution in [0.5, 0.6) is 0 Å². The van der Waals surface area contributed by atoms with Crippen molar-refractivity contribution < 1.29 is 13.2 Å². The van der Waals surface area contributed by atoms with Crippen molar-refractivity contribution in [3.63, 3.8) is 0 Å². The molecule has 22 heavy (non-hydrogen) atoms. The highest BCUT2D eigenvalue weighted by atomic mass is 32.2. The molecule has 1 aliphatic rings. The molecule has 2 rings (SSSR count). The second-order valence-electron chi connectivity index (χ2n) is 6.57. The Hall–Kier alpha value is -1.37. The monoisotopic (exact) mass is 327 g/mol. The lowest BCUT2D eigenvalue weighted by atomic mass is 10.1. The van der Waals surface area contributed by atoms with Crippen LogP contribution in [0.3, 0.4) is 0 Å². The number of aromatic nitrogens is 2. The van der Waals surface area contributed by atoms with E-state index < -0.39 is 9.84 Å². The summed E-state index contributed by atoms with van der Waals surface area (Å²) in [5.74, 6) is 0.590. The molecule has 0 aromatic carbocycles. The molecule has 1 aromatic rings. The van der Waals surface area contributed by atoms with E-state index in [4.69, 9.17) is 0 Å². The largest absolute Gasteiger partial charge is 0.352 e. The molecule has 1 saturated heterocycles. The summed E-state index contributed by atoms with van der Waals surface area (Å²) in [7, 11) is -2.97. The molecule has 0 unspecified atom stereocenters. The minimum atomic E-state index is -2.97. The van der Waals surface area contributed by atoms with Gasteiger partial charge in [0.05, 0.1) is 23.6 Å². The maximum absolute atomic E-state index is 12.2. The fraction of sp³-hybridized carbons (Fsp3) is 0.733. The molecule has 1 fully saturated rings. The van der Waals surface area contributed by atoms with Crippen LogP contribution in [0, 0.1) is 19.8 Å². The van der Waals surface area contributed by atoms with Crippen LogP contribution in [0.15, 0.2) is 0 Å². The van der Waals surface area contributed by atoms with Crippen molar-refractivity contribution in [3.05, 3.63) is 17.0 Å². The number of hydrogen-bond donors (Lipinski definition) is 1. The average molecular weight is 327 g/mol. The van der Waals surface area contributed by atoms with E-state index in [0.717, 1.165) is 23.5 Å². The van der Waals surface area contributed by atoms with Crippen LogP contribution in [-0.2, 0) is 27.6 Å². The first kappa shape index (κ1) is 17.0. The second kappa shape index (κ2) is 6.40. The standard InChI is InChI=1S/C15H25N3O3S/c1-10(2)8-18-12(4)14(11(3)17-18)7-15(19)16-13-5-6-22(20,21)9-13/h10,13H,5-9H2,1-4H3,(H,16,19)/t13-/m1/s1. The maximum atomic E-state index is 12.2. The van der Waals surface area contributed by atoms with Crippen LogP contribution in [-0.4, -0.2) is 41.7 Å². The highest BCUT2D eigenvalue weighted by molar-refractivity contribution is 7.91. The first-order chi connectivity index (χ1) is 10.2. The van der Waals surface area contributed by atoms with Crippen molar-refractivity contribution in [1.29, 1.82) is 0 Å². The minimum absolute atomic E-state index is 0.0588. The molecular formula is C15H25N3O3S. The van der Waals surface area contributed by atoms with Gasteiger partial charge in [0.15, 0.2) is 9.84 Å². The van der Waals surface area contributed by atoms with E-state index in [1.54, 1.807) is 0 Å². The summed E-state index contributed by atoms with van der Waals surface area (Å²) in [6.45, 7) is 8.97. The van der Waals surface area contributed by atoms with Gasteiger partial charge in [-0.25, -0.2) is 8.42 Å². The number of amides is 1. The number of nitrogens with zero attached hydrogens (tertiary/aromatic N) is 2. The molecule has 0 spiro atoms. The lowest BCUT2D eigenvalue weighted by molar-refractivity contribution is -0.121. The van der Waals surface area contributed by atoms with Crippen LogP contribution < -0.4 is 5.32 Å². The molecule has 124 valence electrons. The van der Waals surface area contributed by atoms with Gasteiger partial charge in [0, 0.05) is 23.8 Å². The van der Waals surface area contributed by atoms with Gasteiger partial charge in [-0.1, -0.05) is 13.8 Å². The van der Waals surface area contributed by atoms with Gasteiger partial charge < -0.3 is 5.32 Å². The van der Waals surface area contributed by atoms with Gasteiger partial charge in [-0.15, -0.1) is 0 Å². The molecule has 1 aromatic heterocycles. The number of carbonyl (C=O) groups excluding carboxylic acids is 1. The van der Waals surface area contributed by atoms with E-state index >= 15 is 0 Å². The van der Waals surface area contributed by atoms with E-state index in [1.165, 1.54) is 0 Å². The first-order valence-corrected chi connectivity index (χ1v) is 9.52. The number of nitrogens with one attached hydrogen (secondary N) is 1. The Balaban J connectivity index is 2.01. The zero-order valence-corrected chi connectivity index (χ0v) is 14.5. The SMILES string of the molecule is Cc1nn(CC(C)C)c(C)c1CC(=O)N[C@@H]1CCS(=O)(=O)C1. The molecule has 1 aliphatic heterocycles. The molecule has 0 saturated carbocycles. The predicted octanol–water partition coefficient (Wildman–Crippen LogP) is 1.00. The van der Waals surface area contributed by atoms with Crippen molar-refractivity contribution in [3.8, 4) is 0 Å². The molecule has 1 N–H and O–H groups in total. The summed E-state index contributed by atoms with van der Waals surface area (Å²) in [4.78, 5) is 12.2. The summed E-state index contributed by atoms with van der Waals surface area (Å²) in [5.41, 5.74) is 2.83. The lowest BCUT2D eigenvalue weighted by Gasteiger charge is -2.11. The Morgan fingerprint density at radius 2 is 2.09 bits per heavy atom. The quantitative estimate of drug-likeness (QED) is 0.875. The molecule has 0 aliphatic carbocycles. The fourth-order valence-electron chi connectivity index (χ4n) is 2.86. The van der Waals surface area contributed by atoms with Crippen molar-refractivity contribution >= 4 is 15.7 Å².